The number of β-amino-alcohol motifs (C(OH)–C–C–N with tert-alkyl or cyclic N) is 1. The second kappa shape index (κ2) is 8.27. The highest BCUT2D eigenvalue weighted by Gasteiger charge is 2.36. The highest BCUT2D eigenvalue weighted by Crippen LogP contribution is 2.24. The van der Waals surface area contributed by atoms with E-state index in [0.29, 0.717) is 31.9 Å². The van der Waals surface area contributed by atoms with Crippen molar-refractivity contribution in [1.82, 2.24) is 24.6 Å². The maximum Gasteiger partial charge on any atom is 0.225 e. The summed E-state index contributed by atoms with van der Waals surface area (Å²) < 4.78 is 1.82. The number of aryl methyl sites for hydroxylation is 1. The Kier molecular flexibility index (Phi) is 5.82. The first-order chi connectivity index (χ1) is 12.6. The number of rotatable bonds is 7. The van der Waals surface area contributed by atoms with E-state index in [1.54, 1.807) is 36.6 Å². The van der Waals surface area contributed by atoms with Crippen LogP contribution in [0.5, 0.6) is 0 Å². The third-order valence-corrected chi connectivity index (χ3v) is 4.68. The second-order valence-corrected chi connectivity index (χ2v) is 6.92. The smallest absolute Gasteiger partial charge is 0.225 e. The summed E-state index contributed by atoms with van der Waals surface area (Å²) in [5.74, 6) is 0.664. The van der Waals surface area contributed by atoms with Crippen LogP contribution in [0, 0.1) is 0 Å². The number of nitrogens with zero attached hydrogens (tertiary/aromatic N) is 6. The van der Waals surface area contributed by atoms with Gasteiger partial charge in [0.25, 0.3) is 0 Å². The zero-order valence-electron chi connectivity index (χ0n) is 15.2. The molecule has 1 aliphatic rings. The maximum absolute atomic E-state index is 12.4. The van der Waals surface area contributed by atoms with Gasteiger partial charge in [0.1, 0.15) is 0 Å². The van der Waals surface area contributed by atoms with Crippen molar-refractivity contribution in [3.63, 3.8) is 0 Å². The van der Waals surface area contributed by atoms with Crippen molar-refractivity contribution in [1.29, 1.82) is 0 Å². The fourth-order valence-corrected chi connectivity index (χ4v) is 3.41. The van der Waals surface area contributed by atoms with Crippen molar-refractivity contribution < 1.29 is 9.90 Å². The Labute approximate surface area is 153 Å². The number of aromatic nitrogens is 4. The molecular formula is C18H26N6O2. The summed E-state index contributed by atoms with van der Waals surface area (Å²) in [6, 6.07) is 3.64. The van der Waals surface area contributed by atoms with Crippen molar-refractivity contribution >= 4 is 11.9 Å². The largest absolute Gasteiger partial charge is 0.386 e. The first-order valence-electron chi connectivity index (χ1n) is 9.01. The summed E-state index contributed by atoms with van der Waals surface area (Å²) in [6.07, 6.45) is 9.70. The van der Waals surface area contributed by atoms with Gasteiger partial charge in [0.2, 0.25) is 11.9 Å². The van der Waals surface area contributed by atoms with Gasteiger partial charge in [-0.25, -0.2) is 9.97 Å². The molecule has 2 aromatic heterocycles. The summed E-state index contributed by atoms with van der Waals surface area (Å²) in [5.41, 5.74) is -0.941. The van der Waals surface area contributed by atoms with Gasteiger partial charge in [-0.05, 0) is 31.4 Å². The normalized spacial score (nSPS) is 20.2. The minimum Gasteiger partial charge on any atom is -0.386 e. The number of carbonyl (C=O) groups excluding carboxylic acids is 1. The molecule has 1 fully saturated rings. The molecule has 1 saturated heterocycles. The lowest BCUT2D eigenvalue weighted by Crippen LogP contribution is -2.55. The van der Waals surface area contributed by atoms with E-state index in [1.807, 2.05) is 21.8 Å². The van der Waals surface area contributed by atoms with Gasteiger partial charge in [-0.15, -0.1) is 0 Å². The Hall–Kier alpha value is -2.48. The van der Waals surface area contributed by atoms with Gasteiger partial charge >= 0.3 is 0 Å². The fraction of sp³-hybridized carbons (Fsp3) is 0.556. The Morgan fingerprint density at radius 1 is 1.31 bits per heavy atom. The van der Waals surface area contributed by atoms with Gasteiger partial charge in [-0.3, -0.25) is 9.48 Å². The number of piperidine rings is 1. The van der Waals surface area contributed by atoms with Crippen LogP contribution in [0.3, 0.4) is 0 Å². The lowest BCUT2D eigenvalue weighted by atomic mass is 9.92. The first kappa shape index (κ1) is 18.3. The van der Waals surface area contributed by atoms with E-state index < -0.39 is 5.60 Å². The molecular weight excluding hydrogens is 332 g/mol. The Morgan fingerprint density at radius 3 is 2.85 bits per heavy atom. The molecule has 0 bridgehead atoms. The number of likely N-dealkylation sites (N-methyl/N-ethyl adjacent to an activating group) is 1. The third kappa shape index (κ3) is 4.78. The molecule has 0 aromatic carbocycles. The van der Waals surface area contributed by atoms with Gasteiger partial charge in [-0.1, -0.05) is 0 Å². The minimum absolute atomic E-state index is 0.0404. The Morgan fingerprint density at radius 2 is 2.12 bits per heavy atom. The van der Waals surface area contributed by atoms with E-state index in [0.717, 1.165) is 25.9 Å². The number of aliphatic hydroxyl groups is 1. The molecule has 0 saturated carbocycles. The van der Waals surface area contributed by atoms with Crippen LogP contribution in [0.4, 0.5) is 5.95 Å². The number of anilines is 1. The van der Waals surface area contributed by atoms with Crippen molar-refractivity contribution in [2.45, 2.75) is 37.8 Å². The van der Waals surface area contributed by atoms with E-state index in [2.05, 4.69) is 15.1 Å². The van der Waals surface area contributed by atoms with Crippen LogP contribution in [0.25, 0.3) is 0 Å². The average molecular weight is 358 g/mol. The molecule has 1 aliphatic heterocycles. The number of amides is 1. The summed E-state index contributed by atoms with van der Waals surface area (Å²) >= 11 is 0. The molecule has 1 amide bonds. The average Bonchev–Trinajstić information content (AvgIpc) is 3.15. The van der Waals surface area contributed by atoms with Crippen LogP contribution in [-0.2, 0) is 11.3 Å². The molecule has 2 aromatic rings. The van der Waals surface area contributed by atoms with E-state index in [9.17, 15) is 9.90 Å². The Balaban J connectivity index is 1.50. The molecule has 8 nitrogen and oxygen atoms in total. The van der Waals surface area contributed by atoms with Crippen LogP contribution in [0.2, 0.25) is 0 Å². The second-order valence-electron chi connectivity index (χ2n) is 6.92. The van der Waals surface area contributed by atoms with Crippen molar-refractivity contribution in [3.05, 3.63) is 36.9 Å². The molecule has 1 N–H and O–H groups in total. The van der Waals surface area contributed by atoms with Gasteiger partial charge < -0.3 is 14.9 Å². The molecule has 0 spiro atoms. The molecule has 1 unspecified atom stereocenters. The van der Waals surface area contributed by atoms with Crippen molar-refractivity contribution in [2.75, 3.05) is 31.6 Å². The highest BCUT2D eigenvalue weighted by molar-refractivity contribution is 5.75. The van der Waals surface area contributed by atoms with E-state index in [1.165, 1.54) is 0 Å². The van der Waals surface area contributed by atoms with Crippen molar-refractivity contribution in [2.24, 2.45) is 0 Å². The highest BCUT2D eigenvalue weighted by atomic mass is 16.3. The van der Waals surface area contributed by atoms with Crippen LogP contribution in [0.1, 0.15) is 25.7 Å². The third-order valence-electron chi connectivity index (χ3n) is 4.68. The van der Waals surface area contributed by atoms with Gasteiger partial charge in [0.05, 0.1) is 18.7 Å². The quantitative estimate of drug-likeness (QED) is 0.793. The molecule has 140 valence electrons. The molecule has 1 atom stereocenters. The first-order valence-corrected chi connectivity index (χ1v) is 9.01. The SMILES string of the molecule is CN(CC1(O)CCCN(c2ncccn2)C1)C(=O)CCCn1cccn1. The van der Waals surface area contributed by atoms with Gasteiger partial charge in [-0.2, -0.15) is 5.10 Å². The number of hydrogen-bond donors (Lipinski definition) is 1. The fourth-order valence-electron chi connectivity index (χ4n) is 3.41. The monoisotopic (exact) mass is 358 g/mol. The van der Waals surface area contributed by atoms with E-state index >= 15 is 0 Å². The summed E-state index contributed by atoms with van der Waals surface area (Å²) in [5, 5.41) is 15.1. The predicted molar refractivity (Wildman–Crippen MR) is 97.5 cm³/mol. The number of hydrogen-bond acceptors (Lipinski definition) is 6. The molecule has 0 aliphatic carbocycles. The predicted octanol–water partition coefficient (Wildman–Crippen LogP) is 0.943. The molecule has 26 heavy (non-hydrogen) atoms. The molecule has 3 rings (SSSR count). The maximum atomic E-state index is 12.4. The van der Waals surface area contributed by atoms with Crippen LogP contribution in [-0.4, -0.2) is 67.9 Å². The topological polar surface area (TPSA) is 87.4 Å². The molecule has 0 radical (unpaired) electrons. The van der Waals surface area contributed by atoms with Gasteiger partial charge in [0.15, 0.2) is 0 Å². The van der Waals surface area contributed by atoms with Crippen LogP contribution in [0.15, 0.2) is 36.9 Å². The lowest BCUT2D eigenvalue weighted by Gasteiger charge is -2.41. The van der Waals surface area contributed by atoms with Gasteiger partial charge in [0, 0.05) is 51.3 Å². The summed E-state index contributed by atoms with van der Waals surface area (Å²) in [6.45, 7) is 2.28. The minimum atomic E-state index is -0.941. The van der Waals surface area contributed by atoms with E-state index in [4.69, 9.17) is 0 Å². The van der Waals surface area contributed by atoms with Crippen molar-refractivity contribution in [3.8, 4) is 0 Å². The summed E-state index contributed by atoms with van der Waals surface area (Å²) in [4.78, 5) is 24.5. The van der Waals surface area contributed by atoms with E-state index in [-0.39, 0.29) is 5.91 Å². The number of carbonyl (C=O) groups is 1. The van der Waals surface area contributed by atoms with Crippen LogP contribution < -0.4 is 4.90 Å². The molecule has 8 heteroatoms. The zero-order chi connectivity index (χ0) is 18.4. The molecule has 3 heterocycles. The van der Waals surface area contributed by atoms with Crippen LogP contribution >= 0.6 is 0 Å². The standard InChI is InChI=1S/C18H26N6O2/c1-22(16(25)6-2-12-24-13-5-10-21-24)14-18(26)7-3-11-23(15-18)17-19-8-4-9-20-17/h4-5,8-10,13,26H,2-3,6-7,11-12,14-15H2,1H3. The lowest BCUT2D eigenvalue weighted by molar-refractivity contribution is -0.133. The zero-order valence-corrected chi connectivity index (χ0v) is 15.2. The summed E-state index contributed by atoms with van der Waals surface area (Å²) in [7, 11) is 1.76. The Bertz CT molecular complexity index is 693.